The van der Waals surface area contributed by atoms with Crippen molar-refractivity contribution in [3.8, 4) is 0 Å². The molecule has 1 amide bonds. The fourth-order valence-corrected chi connectivity index (χ4v) is 2.73. The van der Waals surface area contributed by atoms with Gasteiger partial charge in [0.15, 0.2) is 0 Å². The molecule has 0 aromatic carbocycles. The van der Waals surface area contributed by atoms with Crippen LogP contribution in [-0.2, 0) is 13.1 Å². The van der Waals surface area contributed by atoms with Crippen LogP contribution < -0.4 is 5.32 Å². The van der Waals surface area contributed by atoms with Gasteiger partial charge in [-0.1, -0.05) is 0 Å². The Balaban J connectivity index is 2.04. The Hall–Kier alpha value is -1.07. The van der Waals surface area contributed by atoms with Gasteiger partial charge in [0.25, 0.3) is 5.91 Å². The normalized spacial score (nSPS) is 10.5. The van der Waals surface area contributed by atoms with E-state index in [-0.39, 0.29) is 5.91 Å². The molecule has 2 heterocycles. The summed E-state index contributed by atoms with van der Waals surface area (Å²) in [5.41, 5.74) is 1.83. The summed E-state index contributed by atoms with van der Waals surface area (Å²) in [6.45, 7) is 3.38. The van der Waals surface area contributed by atoms with Gasteiger partial charge in [0.05, 0.1) is 0 Å². The molecule has 0 atom stereocenters. The van der Waals surface area contributed by atoms with Crippen LogP contribution in [0.25, 0.3) is 0 Å². The first-order valence-corrected chi connectivity index (χ1v) is 7.09. The standard InChI is InChI=1S/C12H13BrN2OS/c1-2-15-7-10(13)5-11(15)12(16)14-6-9-3-4-17-8-9/h3-5,7-8H,2,6H2,1H3,(H,14,16). The van der Waals surface area contributed by atoms with Gasteiger partial charge in [-0.25, -0.2) is 0 Å². The van der Waals surface area contributed by atoms with E-state index >= 15 is 0 Å². The first-order valence-electron chi connectivity index (χ1n) is 5.35. The number of carbonyl (C=O) groups is 1. The van der Waals surface area contributed by atoms with Crippen molar-refractivity contribution in [2.24, 2.45) is 0 Å². The van der Waals surface area contributed by atoms with Crippen molar-refractivity contribution in [1.29, 1.82) is 0 Å². The summed E-state index contributed by atoms with van der Waals surface area (Å²) in [5.74, 6) is -0.0382. The summed E-state index contributed by atoms with van der Waals surface area (Å²) >= 11 is 5.02. The summed E-state index contributed by atoms with van der Waals surface area (Å²) in [6.07, 6.45) is 1.92. The highest BCUT2D eigenvalue weighted by Crippen LogP contribution is 2.15. The molecule has 5 heteroatoms. The van der Waals surface area contributed by atoms with Gasteiger partial charge >= 0.3 is 0 Å². The number of hydrogen-bond donors (Lipinski definition) is 1. The minimum absolute atomic E-state index is 0.0382. The van der Waals surface area contributed by atoms with Gasteiger partial charge in [-0.3, -0.25) is 4.79 Å². The van der Waals surface area contributed by atoms with Gasteiger partial charge in [-0.15, -0.1) is 0 Å². The van der Waals surface area contributed by atoms with Crippen LogP contribution in [0.1, 0.15) is 23.0 Å². The zero-order valence-electron chi connectivity index (χ0n) is 9.44. The molecule has 90 valence electrons. The van der Waals surface area contributed by atoms with E-state index in [0.717, 1.165) is 16.6 Å². The Morgan fingerprint density at radius 1 is 1.59 bits per heavy atom. The molecule has 2 aromatic rings. The van der Waals surface area contributed by atoms with Crippen LogP contribution in [0.15, 0.2) is 33.6 Å². The second kappa shape index (κ2) is 5.51. The van der Waals surface area contributed by atoms with Gasteiger partial charge < -0.3 is 9.88 Å². The van der Waals surface area contributed by atoms with E-state index < -0.39 is 0 Å². The molecule has 0 saturated carbocycles. The Morgan fingerprint density at radius 3 is 3.06 bits per heavy atom. The van der Waals surface area contributed by atoms with E-state index in [0.29, 0.717) is 12.2 Å². The molecule has 0 unspecified atom stereocenters. The molecular formula is C12H13BrN2OS. The van der Waals surface area contributed by atoms with Crippen molar-refractivity contribution in [1.82, 2.24) is 9.88 Å². The maximum Gasteiger partial charge on any atom is 0.268 e. The number of nitrogens with one attached hydrogen (secondary N) is 1. The molecule has 1 N–H and O–H groups in total. The van der Waals surface area contributed by atoms with Gasteiger partial charge in [-0.2, -0.15) is 11.3 Å². The Bertz CT molecular complexity index is 505. The minimum Gasteiger partial charge on any atom is -0.347 e. The maximum atomic E-state index is 12.0. The van der Waals surface area contributed by atoms with Crippen molar-refractivity contribution in [3.05, 3.63) is 44.8 Å². The first-order chi connectivity index (χ1) is 8.20. The third-order valence-corrected chi connectivity index (χ3v) is 3.64. The van der Waals surface area contributed by atoms with Crippen molar-refractivity contribution >= 4 is 33.2 Å². The molecule has 0 saturated heterocycles. The van der Waals surface area contributed by atoms with Gasteiger partial charge in [-0.05, 0) is 51.3 Å². The van der Waals surface area contributed by atoms with Crippen LogP contribution in [0.4, 0.5) is 0 Å². The maximum absolute atomic E-state index is 12.0. The molecule has 0 aliphatic carbocycles. The molecule has 0 aliphatic heterocycles. The minimum atomic E-state index is -0.0382. The van der Waals surface area contributed by atoms with Gasteiger partial charge in [0.1, 0.15) is 5.69 Å². The highest BCUT2D eigenvalue weighted by molar-refractivity contribution is 9.10. The molecule has 3 nitrogen and oxygen atoms in total. The Labute approximate surface area is 113 Å². The number of nitrogens with zero attached hydrogens (tertiary/aromatic N) is 1. The lowest BCUT2D eigenvalue weighted by atomic mass is 10.3. The fraction of sp³-hybridized carbons (Fsp3) is 0.250. The van der Waals surface area contributed by atoms with Crippen LogP contribution in [0.5, 0.6) is 0 Å². The number of halogens is 1. The zero-order chi connectivity index (χ0) is 12.3. The second-order valence-electron chi connectivity index (χ2n) is 3.64. The highest BCUT2D eigenvalue weighted by atomic mass is 79.9. The van der Waals surface area contributed by atoms with E-state index in [1.165, 1.54) is 0 Å². The number of thiophene rings is 1. The molecule has 0 radical (unpaired) electrons. The van der Waals surface area contributed by atoms with Crippen LogP contribution in [0.2, 0.25) is 0 Å². The van der Waals surface area contributed by atoms with E-state index in [1.807, 2.05) is 40.6 Å². The molecule has 2 rings (SSSR count). The summed E-state index contributed by atoms with van der Waals surface area (Å²) in [5, 5.41) is 6.96. The number of aryl methyl sites for hydroxylation is 1. The summed E-state index contributed by atoms with van der Waals surface area (Å²) in [6, 6.07) is 3.85. The Morgan fingerprint density at radius 2 is 2.41 bits per heavy atom. The number of hydrogen-bond acceptors (Lipinski definition) is 2. The average molecular weight is 313 g/mol. The smallest absolute Gasteiger partial charge is 0.268 e. The predicted molar refractivity (Wildman–Crippen MR) is 73.3 cm³/mol. The second-order valence-corrected chi connectivity index (χ2v) is 5.34. The summed E-state index contributed by atoms with van der Waals surface area (Å²) < 4.78 is 2.85. The first kappa shape index (κ1) is 12.4. The van der Waals surface area contributed by atoms with Crippen LogP contribution in [0.3, 0.4) is 0 Å². The lowest BCUT2D eigenvalue weighted by Crippen LogP contribution is -2.24. The van der Waals surface area contributed by atoms with Crippen molar-refractivity contribution in [3.63, 3.8) is 0 Å². The third-order valence-electron chi connectivity index (χ3n) is 2.47. The van der Waals surface area contributed by atoms with Gasteiger partial charge in [0, 0.05) is 23.8 Å². The molecule has 2 aromatic heterocycles. The fourth-order valence-electron chi connectivity index (χ4n) is 1.59. The molecule has 0 fully saturated rings. The topological polar surface area (TPSA) is 34.0 Å². The molecule has 0 bridgehead atoms. The largest absolute Gasteiger partial charge is 0.347 e. The SMILES string of the molecule is CCn1cc(Br)cc1C(=O)NCc1ccsc1. The van der Waals surface area contributed by atoms with E-state index in [1.54, 1.807) is 11.3 Å². The number of carbonyl (C=O) groups excluding carboxylic acids is 1. The lowest BCUT2D eigenvalue weighted by molar-refractivity contribution is 0.0942. The Kier molecular flexibility index (Phi) is 4.02. The average Bonchev–Trinajstić information content (AvgIpc) is 2.94. The molecule has 17 heavy (non-hydrogen) atoms. The quantitative estimate of drug-likeness (QED) is 0.923. The molecule has 0 aliphatic rings. The van der Waals surface area contributed by atoms with E-state index in [2.05, 4.69) is 21.2 Å². The molecular weight excluding hydrogens is 300 g/mol. The summed E-state index contributed by atoms with van der Waals surface area (Å²) in [4.78, 5) is 12.0. The number of amides is 1. The number of rotatable bonds is 4. The monoisotopic (exact) mass is 312 g/mol. The van der Waals surface area contributed by atoms with Crippen molar-refractivity contribution in [2.45, 2.75) is 20.0 Å². The van der Waals surface area contributed by atoms with E-state index in [4.69, 9.17) is 0 Å². The van der Waals surface area contributed by atoms with Crippen LogP contribution in [0, 0.1) is 0 Å². The van der Waals surface area contributed by atoms with Crippen molar-refractivity contribution < 1.29 is 4.79 Å². The van der Waals surface area contributed by atoms with Gasteiger partial charge in [0.2, 0.25) is 0 Å². The summed E-state index contributed by atoms with van der Waals surface area (Å²) in [7, 11) is 0. The van der Waals surface area contributed by atoms with Crippen molar-refractivity contribution in [2.75, 3.05) is 0 Å². The lowest BCUT2D eigenvalue weighted by Gasteiger charge is -2.06. The van der Waals surface area contributed by atoms with E-state index in [9.17, 15) is 4.79 Å². The highest BCUT2D eigenvalue weighted by Gasteiger charge is 2.11. The van der Waals surface area contributed by atoms with Crippen LogP contribution in [-0.4, -0.2) is 10.5 Å². The third kappa shape index (κ3) is 2.98. The predicted octanol–water partition coefficient (Wildman–Crippen LogP) is 3.26. The van der Waals surface area contributed by atoms with Crippen LogP contribution >= 0.6 is 27.3 Å². The molecule has 0 spiro atoms. The number of aromatic nitrogens is 1. The zero-order valence-corrected chi connectivity index (χ0v) is 11.8.